The monoisotopic (exact) mass is 162 g/mol. The largest absolute Gasteiger partial charge is 0.204 e. The fourth-order valence-electron chi connectivity index (χ4n) is 1.04. The molecule has 1 aromatic carbocycles. The number of hydrogen-bond donors (Lipinski definition) is 1. The van der Waals surface area contributed by atoms with Gasteiger partial charge in [-0.2, -0.15) is 5.11 Å². The van der Waals surface area contributed by atoms with Gasteiger partial charge in [0.25, 0.3) is 0 Å². The van der Waals surface area contributed by atoms with Crippen LogP contribution in [0.3, 0.4) is 0 Å². The number of nitrogens with zero attached hydrogens (tertiary/aromatic N) is 1. The highest BCUT2D eigenvalue weighted by molar-refractivity contribution is 5.39. The van der Waals surface area contributed by atoms with E-state index in [0.717, 1.165) is 0 Å². The van der Waals surface area contributed by atoms with Gasteiger partial charge < -0.3 is 0 Å². The second-order valence-electron chi connectivity index (χ2n) is 3.91. The van der Waals surface area contributed by atoms with E-state index in [4.69, 9.17) is 5.53 Å². The standard InChI is InChI=1S/C10H14N2/c1-10(2,3)8-4-6-9(12-11)7-5-8/h4-7,11H,1-3H3. The SMILES string of the molecule is CC(C)(C)c1ccc(N=N)cc1. The molecule has 1 rings (SSSR count). The molecule has 0 aliphatic rings. The Morgan fingerprint density at radius 2 is 1.58 bits per heavy atom. The predicted octanol–water partition coefficient (Wildman–Crippen LogP) is 3.65. The van der Waals surface area contributed by atoms with Gasteiger partial charge in [0.2, 0.25) is 0 Å². The number of benzene rings is 1. The van der Waals surface area contributed by atoms with Crippen LogP contribution in [0.5, 0.6) is 0 Å². The second-order valence-corrected chi connectivity index (χ2v) is 3.91. The molecule has 0 unspecified atom stereocenters. The molecule has 0 aromatic heterocycles. The molecule has 0 amide bonds. The second kappa shape index (κ2) is 3.05. The average Bonchev–Trinajstić information content (AvgIpc) is 2.03. The van der Waals surface area contributed by atoms with Gasteiger partial charge in [0.05, 0.1) is 5.69 Å². The van der Waals surface area contributed by atoms with E-state index >= 15 is 0 Å². The van der Waals surface area contributed by atoms with Crippen molar-refractivity contribution in [2.75, 3.05) is 0 Å². The summed E-state index contributed by atoms with van der Waals surface area (Å²) < 4.78 is 0. The number of hydrogen-bond acceptors (Lipinski definition) is 2. The maximum Gasteiger partial charge on any atom is 0.0850 e. The third-order valence-corrected chi connectivity index (χ3v) is 1.86. The topological polar surface area (TPSA) is 36.2 Å². The Morgan fingerprint density at radius 1 is 1.08 bits per heavy atom. The van der Waals surface area contributed by atoms with Crippen LogP contribution >= 0.6 is 0 Å². The van der Waals surface area contributed by atoms with Gasteiger partial charge in [-0.15, -0.1) is 0 Å². The van der Waals surface area contributed by atoms with Crippen molar-refractivity contribution in [1.82, 2.24) is 0 Å². The summed E-state index contributed by atoms with van der Waals surface area (Å²) in [5.41, 5.74) is 8.96. The van der Waals surface area contributed by atoms with Crippen LogP contribution in [-0.4, -0.2) is 0 Å². The van der Waals surface area contributed by atoms with Crippen molar-refractivity contribution in [3.8, 4) is 0 Å². The van der Waals surface area contributed by atoms with Crippen LogP contribution in [0.4, 0.5) is 5.69 Å². The minimum atomic E-state index is 0.181. The lowest BCUT2D eigenvalue weighted by Gasteiger charge is -2.18. The normalized spacial score (nSPS) is 11.2. The van der Waals surface area contributed by atoms with Crippen molar-refractivity contribution < 1.29 is 0 Å². The van der Waals surface area contributed by atoms with Crippen molar-refractivity contribution >= 4 is 5.69 Å². The molecular weight excluding hydrogens is 148 g/mol. The predicted molar refractivity (Wildman–Crippen MR) is 49.9 cm³/mol. The van der Waals surface area contributed by atoms with Crippen LogP contribution in [0, 0.1) is 5.53 Å². The number of nitrogens with one attached hydrogen (secondary N) is 1. The summed E-state index contributed by atoms with van der Waals surface area (Å²) in [4.78, 5) is 0. The summed E-state index contributed by atoms with van der Waals surface area (Å²) >= 11 is 0. The Morgan fingerprint density at radius 3 is 1.92 bits per heavy atom. The van der Waals surface area contributed by atoms with Crippen molar-refractivity contribution in [2.45, 2.75) is 26.2 Å². The van der Waals surface area contributed by atoms with Crippen molar-refractivity contribution in [3.63, 3.8) is 0 Å². The summed E-state index contributed by atoms with van der Waals surface area (Å²) in [6, 6.07) is 7.78. The van der Waals surface area contributed by atoms with Crippen LogP contribution in [0.25, 0.3) is 0 Å². The van der Waals surface area contributed by atoms with E-state index in [1.807, 2.05) is 24.3 Å². The molecule has 0 fully saturated rings. The highest BCUT2D eigenvalue weighted by Crippen LogP contribution is 2.24. The maximum absolute atomic E-state index is 6.80. The van der Waals surface area contributed by atoms with E-state index in [9.17, 15) is 0 Å². The molecule has 0 heterocycles. The molecule has 0 saturated heterocycles. The molecule has 0 bridgehead atoms. The lowest BCUT2D eigenvalue weighted by Crippen LogP contribution is -2.10. The third kappa shape index (κ3) is 1.91. The summed E-state index contributed by atoms with van der Waals surface area (Å²) in [5.74, 6) is 0. The first-order valence-electron chi connectivity index (χ1n) is 4.02. The van der Waals surface area contributed by atoms with E-state index < -0.39 is 0 Å². The van der Waals surface area contributed by atoms with Crippen molar-refractivity contribution in [3.05, 3.63) is 29.8 Å². The lowest BCUT2D eigenvalue weighted by atomic mass is 9.87. The van der Waals surface area contributed by atoms with Crippen molar-refractivity contribution in [2.24, 2.45) is 5.11 Å². The van der Waals surface area contributed by atoms with Crippen LogP contribution < -0.4 is 0 Å². The molecule has 0 atom stereocenters. The molecular formula is C10H14N2. The first-order valence-corrected chi connectivity index (χ1v) is 4.02. The molecule has 12 heavy (non-hydrogen) atoms. The summed E-state index contributed by atoms with van der Waals surface area (Å²) in [7, 11) is 0. The van der Waals surface area contributed by atoms with Gasteiger partial charge >= 0.3 is 0 Å². The summed E-state index contributed by atoms with van der Waals surface area (Å²) in [5, 5.41) is 3.34. The zero-order valence-electron chi connectivity index (χ0n) is 7.76. The molecule has 64 valence electrons. The van der Waals surface area contributed by atoms with E-state index in [-0.39, 0.29) is 5.41 Å². The van der Waals surface area contributed by atoms with Crippen LogP contribution in [0.1, 0.15) is 26.3 Å². The van der Waals surface area contributed by atoms with Gasteiger partial charge in [-0.1, -0.05) is 32.9 Å². The molecule has 0 spiro atoms. The average molecular weight is 162 g/mol. The highest BCUT2D eigenvalue weighted by atomic mass is 14.9. The fourth-order valence-corrected chi connectivity index (χ4v) is 1.04. The van der Waals surface area contributed by atoms with E-state index in [0.29, 0.717) is 5.69 Å². The van der Waals surface area contributed by atoms with Gasteiger partial charge in [-0.3, -0.25) is 0 Å². The third-order valence-electron chi connectivity index (χ3n) is 1.86. The van der Waals surface area contributed by atoms with Gasteiger partial charge in [0, 0.05) is 0 Å². The van der Waals surface area contributed by atoms with Crippen LogP contribution in [0.15, 0.2) is 29.4 Å². The molecule has 0 radical (unpaired) electrons. The van der Waals surface area contributed by atoms with E-state index in [1.165, 1.54) is 5.56 Å². The lowest BCUT2D eigenvalue weighted by molar-refractivity contribution is 0.590. The van der Waals surface area contributed by atoms with E-state index in [1.54, 1.807) is 0 Å². The van der Waals surface area contributed by atoms with Crippen LogP contribution in [0.2, 0.25) is 0 Å². The minimum absolute atomic E-state index is 0.181. The molecule has 2 nitrogen and oxygen atoms in total. The van der Waals surface area contributed by atoms with Crippen molar-refractivity contribution in [1.29, 1.82) is 5.53 Å². The molecule has 0 saturated carbocycles. The Labute approximate surface area is 73.1 Å². The van der Waals surface area contributed by atoms with Gasteiger partial charge in [0.15, 0.2) is 0 Å². The summed E-state index contributed by atoms with van der Waals surface area (Å²) in [6.45, 7) is 6.50. The number of rotatable bonds is 1. The molecule has 1 N–H and O–H groups in total. The Balaban J connectivity index is 3.00. The summed E-state index contributed by atoms with van der Waals surface area (Å²) in [6.07, 6.45) is 0. The fraction of sp³-hybridized carbons (Fsp3) is 0.400. The van der Waals surface area contributed by atoms with Gasteiger partial charge in [0.1, 0.15) is 0 Å². The maximum atomic E-state index is 6.80. The molecule has 2 heteroatoms. The van der Waals surface area contributed by atoms with Crippen LogP contribution in [-0.2, 0) is 5.41 Å². The van der Waals surface area contributed by atoms with E-state index in [2.05, 4.69) is 25.9 Å². The molecule has 0 aliphatic heterocycles. The van der Waals surface area contributed by atoms with Gasteiger partial charge in [-0.25, -0.2) is 5.53 Å². The zero-order valence-corrected chi connectivity index (χ0v) is 7.76. The first-order chi connectivity index (χ1) is 5.54. The Kier molecular flexibility index (Phi) is 2.27. The zero-order chi connectivity index (χ0) is 9.19. The molecule has 0 aliphatic carbocycles. The first kappa shape index (κ1) is 8.91. The Bertz CT molecular complexity index is 267. The minimum Gasteiger partial charge on any atom is -0.204 e. The highest BCUT2D eigenvalue weighted by Gasteiger charge is 2.12. The van der Waals surface area contributed by atoms with Gasteiger partial charge in [-0.05, 0) is 23.1 Å². The quantitative estimate of drug-likeness (QED) is 0.612. The Hall–Kier alpha value is -1.18. The smallest absolute Gasteiger partial charge is 0.0850 e. The molecule has 1 aromatic rings.